The SMILES string of the molecule is CC(=O)c1cccc(NC(=O)CN[C@@H](c2ccc(F)cc2)C(C)C)c1. The summed E-state index contributed by atoms with van der Waals surface area (Å²) in [6, 6.07) is 13.1. The molecule has 0 unspecified atom stereocenters. The van der Waals surface area contributed by atoms with Crippen LogP contribution in [0.4, 0.5) is 10.1 Å². The second-order valence-electron chi connectivity index (χ2n) is 6.34. The van der Waals surface area contributed by atoms with Crippen LogP contribution in [0, 0.1) is 11.7 Å². The lowest BCUT2D eigenvalue weighted by Crippen LogP contribution is -2.33. The molecule has 0 fully saturated rings. The number of hydrogen-bond donors (Lipinski definition) is 2. The largest absolute Gasteiger partial charge is 0.325 e. The zero-order valence-corrected chi connectivity index (χ0v) is 14.7. The molecule has 0 bridgehead atoms. The number of Topliss-reactive ketones (excluding diaryl/α,β-unsaturated/α-hetero) is 1. The second-order valence-corrected chi connectivity index (χ2v) is 6.34. The minimum Gasteiger partial charge on any atom is -0.325 e. The molecule has 2 aromatic carbocycles. The van der Waals surface area contributed by atoms with Crippen LogP contribution >= 0.6 is 0 Å². The van der Waals surface area contributed by atoms with Crippen molar-refractivity contribution < 1.29 is 14.0 Å². The van der Waals surface area contributed by atoms with Gasteiger partial charge < -0.3 is 10.6 Å². The third-order valence-corrected chi connectivity index (χ3v) is 3.93. The fraction of sp³-hybridized carbons (Fsp3) is 0.300. The van der Waals surface area contributed by atoms with Crippen LogP contribution in [-0.2, 0) is 4.79 Å². The number of carbonyl (C=O) groups is 2. The first-order valence-electron chi connectivity index (χ1n) is 8.26. The van der Waals surface area contributed by atoms with Crippen LogP contribution in [0.25, 0.3) is 0 Å². The van der Waals surface area contributed by atoms with Gasteiger partial charge in [-0.1, -0.05) is 38.1 Å². The van der Waals surface area contributed by atoms with Crippen LogP contribution in [0.5, 0.6) is 0 Å². The van der Waals surface area contributed by atoms with E-state index in [2.05, 4.69) is 10.6 Å². The van der Waals surface area contributed by atoms with E-state index in [0.717, 1.165) is 5.56 Å². The summed E-state index contributed by atoms with van der Waals surface area (Å²) in [5.74, 6) is -0.299. The van der Waals surface area contributed by atoms with E-state index < -0.39 is 0 Å². The molecular weight excluding hydrogens is 319 g/mol. The Morgan fingerprint density at radius 1 is 1.08 bits per heavy atom. The second kappa shape index (κ2) is 8.53. The number of carbonyl (C=O) groups excluding carboxylic acids is 2. The minimum atomic E-state index is -0.283. The maximum Gasteiger partial charge on any atom is 0.238 e. The molecule has 25 heavy (non-hydrogen) atoms. The van der Waals surface area contributed by atoms with Crippen molar-refractivity contribution in [2.45, 2.75) is 26.8 Å². The highest BCUT2D eigenvalue weighted by atomic mass is 19.1. The summed E-state index contributed by atoms with van der Waals surface area (Å²) in [5.41, 5.74) is 2.07. The topological polar surface area (TPSA) is 58.2 Å². The van der Waals surface area contributed by atoms with E-state index in [4.69, 9.17) is 0 Å². The molecule has 0 aliphatic heterocycles. The number of halogens is 1. The van der Waals surface area contributed by atoms with E-state index >= 15 is 0 Å². The first-order valence-corrected chi connectivity index (χ1v) is 8.26. The summed E-state index contributed by atoms with van der Waals surface area (Å²) >= 11 is 0. The number of anilines is 1. The summed E-state index contributed by atoms with van der Waals surface area (Å²) in [5, 5.41) is 5.99. The van der Waals surface area contributed by atoms with Gasteiger partial charge in [-0.05, 0) is 42.7 Å². The lowest BCUT2D eigenvalue weighted by Gasteiger charge is -2.23. The Hall–Kier alpha value is -2.53. The monoisotopic (exact) mass is 342 g/mol. The smallest absolute Gasteiger partial charge is 0.238 e. The number of amides is 1. The highest BCUT2D eigenvalue weighted by molar-refractivity contribution is 5.97. The number of hydrogen-bond acceptors (Lipinski definition) is 3. The van der Waals surface area contributed by atoms with Gasteiger partial charge in [0.2, 0.25) is 5.91 Å². The average Bonchev–Trinajstić information content (AvgIpc) is 2.56. The number of benzene rings is 2. The lowest BCUT2D eigenvalue weighted by molar-refractivity contribution is -0.115. The predicted octanol–water partition coefficient (Wildman–Crippen LogP) is 3.95. The molecule has 0 radical (unpaired) electrons. The molecule has 2 aromatic rings. The maximum absolute atomic E-state index is 13.1. The molecule has 0 saturated heterocycles. The Morgan fingerprint density at radius 2 is 1.76 bits per heavy atom. The van der Waals surface area contributed by atoms with Crippen molar-refractivity contribution in [3.63, 3.8) is 0 Å². The minimum absolute atomic E-state index is 0.0506. The third-order valence-electron chi connectivity index (χ3n) is 3.93. The molecule has 5 heteroatoms. The predicted molar refractivity (Wildman–Crippen MR) is 97.1 cm³/mol. The molecular formula is C20H23FN2O2. The molecule has 0 aromatic heterocycles. The fourth-order valence-electron chi connectivity index (χ4n) is 2.63. The van der Waals surface area contributed by atoms with Gasteiger partial charge in [0.05, 0.1) is 6.54 Å². The van der Waals surface area contributed by atoms with E-state index in [-0.39, 0.29) is 36.0 Å². The molecule has 1 amide bonds. The summed E-state index contributed by atoms with van der Waals surface area (Å²) in [6.07, 6.45) is 0. The van der Waals surface area contributed by atoms with Crippen molar-refractivity contribution in [2.24, 2.45) is 5.92 Å². The number of rotatable bonds is 7. The molecule has 0 aliphatic rings. The fourth-order valence-corrected chi connectivity index (χ4v) is 2.63. The van der Waals surface area contributed by atoms with Crippen LogP contribution in [0.3, 0.4) is 0 Å². The zero-order valence-electron chi connectivity index (χ0n) is 14.7. The summed E-state index contributed by atoms with van der Waals surface area (Å²) in [4.78, 5) is 23.6. The normalized spacial score (nSPS) is 12.0. The van der Waals surface area contributed by atoms with Gasteiger partial charge in [0, 0.05) is 17.3 Å². The van der Waals surface area contributed by atoms with Crippen molar-refractivity contribution in [3.05, 3.63) is 65.5 Å². The van der Waals surface area contributed by atoms with Crippen molar-refractivity contribution in [1.29, 1.82) is 0 Å². The zero-order chi connectivity index (χ0) is 18.4. The Labute approximate surface area is 147 Å². The number of ketones is 1. The Morgan fingerprint density at radius 3 is 2.36 bits per heavy atom. The van der Waals surface area contributed by atoms with Gasteiger partial charge in [-0.2, -0.15) is 0 Å². The third kappa shape index (κ3) is 5.50. The summed E-state index contributed by atoms with van der Waals surface area (Å²) < 4.78 is 13.1. The van der Waals surface area contributed by atoms with Crippen LogP contribution in [0.15, 0.2) is 48.5 Å². The molecule has 1 atom stereocenters. The van der Waals surface area contributed by atoms with Gasteiger partial charge in [-0.25, -0.2) is 4.39 Å². The van der Waals surface area contributed by atoms with Gasteiger partial charge in [0.25, 0.3) is 0 Å². The van der Waals surface area contributed by atoms with Crippen molar-refractivity contribution in [2.75, 3.05) is 11.9 Å². The Balaban J connectivity index is 1.98. The van der Waals surface area contributed by atoms with E-state index in [1.54, 1.807) is 36.4 Å². The van der Waals surface area contributed by atoms with Gasteiger partial charge in [-0.15, -0.1) is 0 Å². The van der Waals surface area contributed by atoms with Crippen LogP contribution in [-0.4, -0.2) is 18.2 Å². The van der Waals surface area contributed by atoms with Crippen molar-refractivity contribution >= 4 is 17.4 Å². The molecule has 4 nitrogen and oxygen atoms in total. The molecule has 0 heterocycles. The molecule has 0 aliphatic carbocycles. The molecule has 0 saturated carbocycles. The Bertz CT molecular complexity index is 742. The van der Waals surface area contributed by atoms with E-state index in [0.29, 0.717) is 11.3 Å². The van der Waals surface area contributed by atoms with Crippen LogP contribution < -0.4 is 10.6 Å². The van der Waals surface area contributed by atoms with Gasteiger partial charge >= 0.3 is 0 Å². The Kier molecular flexibility index (Phi) is 6.42. The average molecular weight is 342 g/mol. The van der Waals surface area contributed by atoms with Gasteiger partial charge in [0.15, 0.2) is 5.78 Å². The highest BCUT2D eigenvalue weighted by Crippen LogP contribution is 2.21. The standard InChI is InChI=1S/C20H23FN2O2/c1-13(2)20(15-7-9-17(21)10-8-15)22-12-19(25)23-18-6-4-5-16(11-18)14(3)24/h4-11,13,20,22H,12H2,1-3H3,(H,23,25)/t20-/m1/s1. The highest BCUT2D eigenvalue weighted by Gasteiger charge is 2.16. The van der Waals surface area contributed by atoms with E-state index in [1.807, 2.05) is 13.8 Å². The lowest BCUT2D eigenvalue weighted by atomic mass is 9.96. The molecule has 0 spiro atoms. The van der Waals surface area contributed by atoms with E-state index in [9.17, 15) is 14.0 Å². The quantitative estimate of drug-likeness (QED) is 0.749. The molecule has 132 valence electrons. The number of nitrogens with one attached hydrogen (secondary N) is 2. The van der Waals surface area contributed by atoms with Crippen LogP contribution in [0.2, 0.25) is 0 Å². The van der Waals surface area contributed by atoms with Crippen molar-refractivity contribution in [1.82, 2.24) is 5.32 Å². The van der Waals surface area contributed by atoms with Crippen LogP contribution in [0.1, 0.15) is 42.7 Å². The summed E-state index contributed by atoms with van der Waals surface area (Å²) in [7, 11) is 0. The van der Waals surface area contributed by atoms with Gasteiger partial charge in [-0.3, -0.25) is 9.59 Å². The molecule has 2 rings (SSSR count). The molecule has 2 N–H and O–H groups in total. The van der Waals surface area contributed by atoms with Crippen molar-refractivity contribution in [3.8, 4) is 0 Å². The maximum atomic E-state index is 13.1. The first-order chi connectivity index (χ1) is 11.9. The van der Waals surface area contributed by atoms with E-state index in [1.165, 1.54) is 19.1 Å². The first kappa shape index (κ1) is 18.8. The summed E-state index contributed by atoms with van der Waals surface area (Å²) in [6.45, 7) is 5.67. The van der Waals surface area contributed by atoms with Gasteiger partial charge in [0.1, 0.15) is 5.82 Å².